The maximum Gasteiger partial charge on any atom is 0.231 e. The van der Waals surface area contributed by atoms with Crippen molar-refractivity contribution in [2.24, 2.45) is 5.92 Å². The first-order chi connectivity index (χ1) is 14.6. The lowest BCUT2D eigenvalue weighted by Crippen LogP contribution is -2.28. The third kappa shape index (κ3) is 4.07. The number of hydrogen-bond donors (Lipinski definition) is 1. The first-order valence-corrected chi connectivity index (χ1v) is 10.8. The Hall–Kier alpha value is -3.19. The molecule has 7 heteroatoms. The van der Waals surface area contributed by atoms with E-state index in [4.69, 9.17) is 4.74 Å². The molecule has 1 aromatic heterocycles. The van der Waals surface area contributed by atoms with Crippen LogP contribution in [0.5, 0.6) is 5.75 Å². The van der Waals surface area contributed by atoms with Gasteiger partial charge in [0.2, 0.25) is 11.8 Å². The van der Waals surface area contributed by atoms with Gasteiger partial charge < -0.3 is 15.0 Å². The number of para-hydroxylation sites is 1. The van der Waals surface area contributed by atoms with Gasteiger partial charge in [-0.15, -0.1) is 11.3 Å². The Morgan fingerprint density at radius 3 is 2.73 bits per heavy atom. The molecular formula is C23H23N3O3S. The Labute approximate surface area is 179 Å². The number of hydrogen-bond acceptors (Lipinski definition) is 5. The van der Waals surface area contributed by atoms with Gasteiger partial charge >= 0.3 is 0 Å². The van der Waals surface area contributed by atoms with Crippen LogP contribution in [0.1, 0.15) is 18.9 Å². The summed E-state index contributed by atoms with van der Waals surface area (Å²) in [6.45, 7) is 2.45. The Morgan fingerprint density at radius 1 is 1.23 bits per heavy atom. The third-order valence-electron chi connectivity index (χ3n) is 5.28. The molecule has 2 heterocycles. The van der Waals surface area contributed by atoms with Crippen molar-refractivity contribution < 1.29 is 14.3 Å². The molecule has 3 aromatic rings. The van der Waals surface area contributed by atoms with Crippen LogP contribution in [-0.2, 0) is 16.0 Å². The molecule has 0 saturated carbocycles. The summed E-state index contributed by atoms with van der Waals surface area (Å²) in [4.78, 5) is 31.6. The number of aryl methyl sites for hydroxylation is 1. The fourth-order valence-corrected chi connectivity index (χ4v) is 4.34. The Morgan fingerprint density at radius 2 is 2.00 bits per heavy atom. The van der Waals surface area contributed by atoms with Crippen LogP contribution in [0.2, 0.25) is 0 Å². The van der Waals surface area contributed by atoms with Gasteiger partial charge in [0, 0.05) is 29.6 Å². The van der Waals surface area contributed by atoms with Crippen molar-refractivity contribution in [3.05, 3.63) is 59.5 Å². The fourth-order valence-electron chi connectivity index (χ4n) is 3.62. The highest BCUT2D eigenvalue weighted by atomic mass is 32.1. The number of amides is 2. The molecule has 1 aliphatic rings. The van der Waals surface area contributed by atoms with Gasteiger partial charge in [0.05, 0.1) is 18.7 Å². The highest BCUT2D eigenvalue weighted by Crippen LogP contribution is 2.30. The molecule has 4 rings (SSSR count). The van der Waals surface area contributed by atoms with Gasteiger partial charge in [-0.2, -0.15) is 0 Å². The topological polar surface area (TPSA) is 71.5 Å². The second kappa shape index (κ2) is 8.67. The largest absolute Gasteiger partial charge is 0.497 e. The zero-order valence-corrected chi connectivity index (χ0v) is 17.7. The number of aromatic nitrogens is 1. The van der Waals surface area contributed by atoms with Crippen LogP contribution in [0.25, 0.3) is 11.3 Å². The van der Waals surface area contributed by atoms with E-state index in [1.807, 2.05) is 53.9 Å². The lowest BCUT2D eigenvalue weighted by Gasteiger charge is -2.19. The molecule has 1 unspecified atom stereocenters. The predicted molar refractivity (Wildman–Crippen MR) is 119 cm³/mol. The van der Waals surface area contributed by atoms with Crippen LogP contribution in [0.3, 0.4) is 0 Å². The van der Waals surface area contributed by atoms with Crippen LogP contribution in [0.4, 0.5) is 10.8 Å². The molecule has 0 spiro atoms. The van der Waals surface area contributed by atoms with Crippen molar-refractivity contribution in [2.75, 3.05) is 23.9 Å². The molecule has 1 saturated heterocycles. The summed E-state index contributed by atoms with van der Waals surface area (Å²) in [5, 5.41) is 5.32. The average molecular weight is 422 g/mol. The molecule has 1 N–H and O–H groups in total. The number of nitrogens with zero attached hydrogens (tertiary/aromatic N) is 2. The second-order valence-corrected chi connectivity index (χ2v) is 8.00. The van der Waals surface area contributed by atoms with Gasteiger partial charge in [0.1, 0.15) is 5.75 Å². The highest BCUT2D eigenvalue weighted by molar-refractivity contribution is 7.14. The van der Waals surface area contributed by atoms with Gasteiger partial charge in [0.15, 0.2) is 5.13 Å². The van der Waals surface area contributed by atoms with Crippen molar-refractivity contribution in [2.45, 2.75) is 19.8 Å². The van der Waals surface area contributed by atoms with E-state index >= 15 is 0 Å². The Kier molecular flexibility index (Phi) is 5.81. The summed E-state index contributed by atoms with van der Waals surface area (Å²) < 4.78 is 5.18. The Balaban J connectivity index is 1.43. The molecule has 0 radical (unpaired) electrons. The second-order valence-electron chi connectivity index (χ2n) is 7.14. The third-order valence-corrected chi connectivity index (χ3v) is 6.04. The smallest absolute Gasteiger partial charge is 0.231 e. The lowest BCUT2D eigenvalue weighted by molar-refractivity contribution is -0.122. The van der Waals surface area contributed by atoms with E-state index in [2.05, 4.69) is 17.2 Å². The van der Waals surface area contributed by atoms with E-state index in [0.717, 1.165) is 34.7 Å². The van der Waals surface area contributed by atoms with Crippen LogP contribution < -0.4 is 15.0 Å². The highest BCUT2D eigenvalue weighted by Gasteiger charge is 2.36. The summed E-state index contributed by atoms with van der Waals surface area (Å²) in [6, 6.07) is 15.5. The normalized spacial score (nSPS) is 16.0. The van der Waals surface area contributed by atoms with E-state index in [1.54, 1.807) is 12.0 Å². The molecule has 6 nitrogen and oxygen atoms in total. The van der Waals surface area contributed by atoms with Gasteiger partial charge in [-0.3, -0.25) is 9.59 Å². The molecule has 2 amide bonds. The van der Waals surface area contributed by atoms with Gasteiger partial charge in [-0.25, -0.2) is 4.98 Å². The van der Waals surface area contributed by atoms with Crippen LogP contribution >= 0.6 is 11.3 Å². The average Bonchev–Trinajstić information content (AvgIpc) is 3.40. The van der Waals surface area contributed by atoms with Gasteiger partial charge in [-0.1, -0.05) is 25.1 Å². The first-order valence-electron chi connectivity index (χ1n) is 9.88. The number of benzene rings is 2. The molecule has 0 bridgehead atoms. The number of ether oxygens (including phenoxy) is 1. The SMILES string of the molecule is CCc1ccccc1N1CC(C(=O)Nc2nc(-c3ccc(OC)cc3)cs2)CC1=O. The number of anilines is 2. The number of thiazole rings is 1. The molecule has 1 atom stereocenters. The van der Waals surface area contributed by atoms with Gasteiger partial charge in [-0.05, 0) is 42.3 Å². The number of methoxy groups -OCH3 is 1. The first kappa shape index (κ1) is 20.1. The zero-order chi connectivity index (χ0) is 21.1. The van der Waals surface area contributed by atoms with Crippen molar-refractivity contribution in [3.63, 3.8) is 0 Å². The standard InChI is InChI=1S/C23H23N3O3S/c1-3-15-6-4-5-7-20(15)26-13-17(12-21(26)27)22(28)25-23-24-19(14-30-23)16-8-10-18(29-2)11-9-16/h4-11,14,17H,3,12-13H2,1-2H3,(H,24,25,28). The van der Waals surface area contributed by atoms with Crippen LogP contribution in [0, 0.1) is 5.92 Å². The van der Waals surface area contributed by atoms with E-state index in [9.17, 15) is 9.59 Å². The molecular weight excluding hydrogens is 398 g/mol. The number of carbonyl (C=O) groups excluding carboxylic acids is 2. The minimum absolute atomic E-state index is 0.0193. The van der Waals surface area contributed by atoms with E-state index in [0.29, 0.717) is 11.7 Å². The Bertz CT molecular complexity index is 1060. The van der Waals surface area contributed by atoms with E-state index < -0.39 is 5.92 Å². The molecule has 1 fully saturated rings. The van der Waals surface area contributed by atoms with E-state index in [-0.39, 0.29) is 18.2 Å². The summed E-state index contributed by atoms with van der Waals surface area (Å²) in [7, 11) is 1.63. The fraction of sp³-hybridized carbons (Fsp3) is 0.261. The minimum atomic E-state index is -0.393. The molecule has 1 aliphatic heterocycles. The van der Waals surface area contributed by atoms with Crippen molar-refractivity contribution >= 4 is 34.0 Å². The van der Waals surface area contributed by atoms with Crippen molar-refractivity contribution in [1.29, 1.82) is 0 Å². The molecule has 30 heavy (non-hydrogen) atoms. The molecule has 154 valence electrons. The van der Waals surface area contributed by atoms with Crippen LogP contribution in [0.15, 0.2) is 53.9 Å². The number of rotatable bonds is 6. The van der Waals surface area contributed by atoms with Crippen molar-refractivity contribution in [1.82, 2.24) is 4.98 Å². The van der Waals surface area contributed by atoms with E-state index in [1.165, 1.54) is 11.3 Å². The summed E-state index contributed by atoms with van der Waals surface area (Å²) in [6.07, 6.45) is 1.05. The van der Waals surface area contributed by atoms with Crippen molar-refractivity contribution in [3.8, 4) is 17.0 Å². The zero-order valence-electron chi connectivity index (χ0n) is 16.9. The molecule has 0 aliphatic carbocycles. The predicted octanol–water partition coefficient (Wildman–Crippen LogP) is 4.37. The number of carbonyl (C=O) groups is 2. The maximum atomic E-state index is 12.8. The monoisotopic (exact) mass is 421 g/mol. The molecule has 2 aromatic carbocycles. The summed E-state index contributed by atoms with van der Waals surface area (Å²) >= 11 is 1.37. The van der Waals surface area contributed by atoms with Gasteiger partial charge in [0.25, 0.3) is 0 Å². The summed E-state index contributed by atoms with van der Waals surface area (Å²) in [5.74, 6) is 0.197. The quantitative estimate of drug-likeness (QED) is 0.641. The minimum Gasteiger partial charge on any atom is -0.497 e. The number of nitrogens with one attached hydrogen (secondary N) is 1. The lowest BCUT2D eigenvalue weighted by atomic mass is 10.1. The van der Waals surface area contributed by atoms with Crippen LogP contribution in [-0.4, -0.2) is 30.5 Å². The maximum absolute atomic E-state index is 12.8. The summed E-state index contributed by atoms with van der Waals surface area (Å²) in [5.41, 5.74) is 3.75.